The van der Waals surface area contributed by atoms with Gasteiger partial charge in [0.05, 0.1) is 5.92 Å². The van der Waals surface area contributed by atoms with Crippen LogP contribution in [-0.2, 0) is 11.2 Å². The van der Waals surface area contributed by atoms with Gasteiger partial charge in [-0.25, -0.2) is 4.98 Å². The van der Waals surface area contributed by atoms with Crippen LogP contribution in [0.3, 0.4) is 0 Å². The predicted molar refractivity (Wildman–Crippen MR) is 105 cm³/mol. The van der Waals surface area contributed by atoms with Crippen molar-refractivity contribution in [3.8, 4) is 0 Å². The number of ketones is 1. The third-order valence-corrected chi connectivity index (χ3v) is 4.93. The van der Waals surface area contributed by atoms with Crippen molar-refractivity contribution < 1.29 is 4.79 Å². The van der Waals surface area contributed by atoms with E-state index >= 15 is 0 Å². The van der Waals surface area contributed by atoms with E-state index in [1.54, 1.807) is 12.3 Å². The van der Waals surface area contributed by atoms with Crippen LogP contribution in [0.15, 0.2) is 71.3 Å². The number of hydrogen-bond donors (Lipinski definition) is 0. The standard InChI is InChI=1S/C21H17BrClNO/c1-14-4-2-3-5-18(14)21(16-6-8-17(22)9-7-16)19(25)12-15-10-11-24-20(23)13-15/h2-11,13,21H,12H2,1H3. The molecular formula is C21H17BrClNO. The summed E-state index contributed by atoms with van der Waals surface area (Å²) >= 11 is 9.41. The number of carbonyl (C=O) groups excluding carboxylic acids is 1. The first kappa shape index (κ1) is 17.8. The average Bonchev–Trinajstić information content (AvgIpc) is 2.58. The quantitative estimate of drug-likeness (QED) is 0.498. The van der Waals surface area contributed by atoms with Crippen molar-refractivity contribution in [3.63, 3.8) is 0 Å². The molecular weight excluding hydrogens is 398 g/mol. The van der Waals surface area contributed by atoms with Gasteiger partial charge in [-0.15, -0.1) is 0 Å². The molecule has 1 unspecified atom stereocenters. The molecule has 3 rings (SSSR count). The van der Waals surface area contributed by atoms with E-state index in [0.29, 0.717) is 11.6 Å². The highest BCUT2D eigenvalue weighted by molar-refractivity contribution is 9.10. The fourth-order valence-electron chi connectivity index (χ4n) is 2.96. The van der Waals surface area contributed by atoms with Gasteiger partial charge in [-0.05, 0) is 53.4 Å². The maximum atomic E-state index is 13.2. The Morgan fingerprint density at radius 1 is 1.12 bits per heavy atom. The molecule has 0 radical (unpaired) electrons. The zero-order valence-electron chi connectivity index (χ0n) is 13.7. The van der Waals surface area contributed by atoms with Crippen LogP contribution in [0.2, 0.25) is 5.15 Å². The largest absolute Gasteiger partial charge is 0.298 e. The highest BCUT2D eigenvalue weighted by Gasteiger charge is 2.24. The van der Waals surface area contributed by atoms with E-state index in [0.717, 1.165) is 26.7 Å². The summed E-state index contributed by atoms with van der Waals surface area (Å²) in [6, 6.07) is 19.6. The number of nitrogens with zero attached hydrogens (tertiary/aromatic N) is 1. The molecule has 25 heavy (non-hydrogen) atoms. The van der Waals surface area contributed by atoms with Crippen LogP contribution in [0.4, 0.5) is 0 Å². The minimum absolute atomic E-state index is 0.138. The third kappa shape index (κ3) is 4.36. The fraction of sp³-hybridized carbons (Fsp3) is 0.143. The minimum atomic E-state index is -0.304. The molecule has 1 aromatic heterocycles. The van der Waals surface area contributed by atoms with Gasteiger partial charge in [-0.1, -0.05) is 63.9 Å². The number of hydrogen-bond acceptors (Lipinski definition) is 2. The number of aryl methyl sites for hydroxylation is 1. The second-order valence-electron chi connectivity index (χ2n) is 5.97. The van der Waals surface area contributed by atoms with E-state index in [1.165, 1.54) is 0 Å². The third-order valence-electron chi connectivity index (χ3n) is 4.19. The fourth-order valence-corrected chi connectivity index (χ4v) is 3.42. The first-order chi connectivity index (χ1) is 12.0. The predicted octanol–water partition coefficient (Wildman–Crippen LogP) is 5.75. The van der Waals surface area contributed by atoms with Crippen molar-refractivity contribution in [2.75, 3.05) is 0 Å². The summed E-state index contributed by atoms with van der Waals surface area (Å²) in [5, 5.41) is 0.404. The normalized spacial score (nSPS) is 12.0. The molecule has 4 heteroatoms. The molecule has 126 valence electrons. The molecule has 0 saturated carbocycles. The van der Waals surface area contributed by atoms with E-state index in [2.05, 4.69) is 20.9 Å². The van der Waals surface area contributed by atoms with Gasteiger partial charge in [0.1, 0.15) is 10.9 Å². The molecule has 1 atom stereocenters. The van der Waals surface area contributed by atoms with Crippen LogP contribution in [0.1, 0.15) is 28.2 Å². The summed E-state index contributed by atoms with van der Waals surface area (Å²) in [5.41, 5.74) is 4.01. The van der Waals surface area contributed by atoms with Crippen molar-refractivity contribution in [2.24, 2.45) is 0 Å². The van der Waals surface area contributed by atoms with Crippen molar-refractivity contribution in [3.05, 3.63) is 98.7 Å². The number of rotatable bonds is 5. The second kappa shape index (κ2) is 7.94. The molecule has 0 saturated heterocycles. The summed E-state index contributed by atoms with van der Waals surface area (Å²) < 4.78 is 0.994. The lowest BCUT2D eigenvalue weighted by Crippen LogP contribution is -2.17. The molecule has 1 heterocycles. The lowest BCUT2D eigenvalue weighted by atomic mass is 9.83. The van der Waals surface area contributed by atoms with Crippen LogP contribution in [0.25, 0.3) is 0 Å². The number of carbonyl (C=O) groups is 1. The molecule has 0 amide bonds. The topological polar surface area (TPSA) is 30.0 Å². The zero-order chi connectivity index (χ0) is 17.8. The smallest absolute Gasteiger partial charge is 0.149 e. The van der Waals surface area contributed by atoms with Crippen LogP contribution >= 0.6 is 27.5 Å². The monoisotopic (exact) mass is 413 g/mol. The van der Waals surface area contributed by atoms with Gasteiger partial charge in [-0.2, -0.15) is 0 Å². The van der Waals surface area contributed by atoms with Crippen molar-refractivity contribution in [1.82, 2.24) is 4.98 Å². The molecule has 0 aliphatic carbocycles. The average molecular weight is 415 g/mol. The summed E-state index contributed by atoms with van der Waals surface area (Å²) in [5.74, 6) is -0.167. The van der Waals surface area contributed by atoms with E-state index < -0.39 is 0 Å². The molecule has 0 aliphatic rings. The Hall–Kier alpha value is -1.97. The minimum Gasteiger partial charge on any atom is -0.298 e. The second-order valence-corrected chi connectivity index (χ2v) is 7.27. The Labute approximate surface area is 161 Å². The number of benzene rings is 2. The Balaban J connectivity index is 2.00. The SMILES string of the molecule is Cc1ccccc1C(C(=O)Cc1ccnc(Cl)c1)c1ccc(Br)cc1. The number of pyridine rings is 1. The molecule has 2 aromatic carbocycles. The van der Waals surface area contributed by atoms with Gasteiger partial charge < -0.3 is 0 Å². The van der Waals surface area contributed by atoms with Crippen LogP contribution in [0.5, 0.6) is 0 Å². The van der Waals surface area contributed by atoms with Gasteiger partial charge in [0.15, 0.2) is 0 Å². The molecule has 2 nitrogen and oxygen atoms in total. The summed E-state index contributed by atoms with van der Waals surface area (Å²) in [4.78, 5) is 17.2. The number of Topliss-reactive ketones (excluding diaryl/α,β-unsaturated/α-hetero) is 1. The molecule has 0 N–H and O–H groups in total. The van der Waals surface area contributed by atoms with Crippen LogP contribution in [0, 0.1) is 6.92 Å². The molecule has 0 aliphatic heterocycles. The first-order valence-corrected chi connectivity index (χ1v) is 9.16. The van der Waals surface area contributed by atoms with E-state index in [-0.39, 0.29) is 11.7 Å². The summed E-state index contributed by atoms with van der Waals surface area (Å²) in [6.07, 6.45) is 1.95. The van der Waals surface area contributed by atoms with Gasteiger partial charge in [0.25, 0.3) is 0 Å². The zero-order valence-corrected chi connectivity index (χ0v) is 16.1. The maximum Gasteiger partial charge on any atom is 0.149 e. The van der Waals surface area contributed by atoms with Crippen molar-refractivity contribution >= 4 is 33.3 Å². The molecule has 0 spiro atoms. The van der Waals surface area contributed by atoms with Crippen LogP contribution in [-0.4, -0.2) is 10.8 Å². The van der Waals surface area contributed by atoms with Gasteiger partial charge >= 0.3 is 0 Å². The first-order valence-electron chi connectivity index (χ1n) is 7.99. The van der Waals surface area contributed by atoms with E-state index in [1.807, 2.05) is 61.5 Å². The highest BCUT2D eigenvalue weighted by atomic mass is 79.9. The molecule has 0 fully saturated rings. The Kier molecular flexibility index (Phi) is 5.67. The Bertz CT molecular complexity index is 892. The van der Waals surface area contributed by atoms with Crippen LogP contribution < -0.4 is 0 Å². The molecule has 3 aromatic rings. The Morgan fingerprint density at radius 3 is 2.52 bits per heavy atom. The van der Waals surface area contributed by atoms with Gasteiger partial charge in [-0.3, -0.25) is 4.79 Å². The maximum absolute atomic E-state index is 13.2. The molecule has 0 bridgehead atoms. The van der Waals surface area contributed by atoms with E-state index in [4.69, 9.17) is 11.6 Å². The summed E-state index contributed by atoms with van der Waals surface area (Å²) in [6.45, 7) is 2.04. The van der Waals surface area contributed by atoms with Crippen molar-refractivity contribution in [2.45, 2.75) is 19.3 Å². The Morgan fingerprint density at radius 2 is 1.84 bits per heavy atom. The highest BCUT2D eigenvalue weighted by Crippen LogP contribution is 2.30. The lowest BCUT2D eigenvalue weighted by molar-refractivity contribution is -0.119. The van der Waals surface area contributed by atoms with E-state index in [9.17, 15) is 4.79 Å². The summed E-state index contributed by atoms with van der Waals surface area (Å²) in [7, 11) is 0. The number of halogens is 2. The van der Waals surface area contributed by atoms with Crippen molar-refractivity contribution in [1.29, 1.82) is 0 Å². The number of aromatic nitrogens is 1. The van der Waals surface area contributed by atoms with Gasteiger partial charge in [0, 0.05) is 17.1 Å². The lowest BCUT2D eigenvalue weighted by Gasteiger charge is -2.19. The van der Waals surface area contributed by atoms with Gasteiger partial charge in [0.2, 0.25) is 0 Å².